The first-order chi connectivity index (χ1) is 9.85. The molecule has 0 heterocycles. The number of nitrogens with zero attached hydrogens (tertiary/aromatic N) is 1. The van der Waals surface area contributed by atoms with Crippen LogP contribution in [0, 0.1) is 11.2 Å². The maximum Gasteiger partial charge on any atom is 0.326 e. The van der Waals surface area contributed by atoms with Crippen LogP contribution in [-0.2, 0) is 16.0 Å². The van der Waals surface area contributed by atoms with Gasteiger partial charge < -0.3 is 10.0 Å². The summed E-state index contributed by atoms with van der Waals surface area (Å²) in [5.74, 6) is -1.50. The zero-order valence-corrected chi connectivity index (χ0v) is 12.3. The van der Waals surface area contributed by atoms with Crippen molar-refractivity contribution in [3.05, 3.63) is 35.6 Å². The van der Waals surface area contributed by atoms with Gasteiger partial charge in [-0.15, -0.1) is 0 Å². The van der Waals surface area contributed by atoms with Crippen molar-refractivity contribution in [2.75, 3.05) is 7.05 Å². The van der Waals surface area contributed by atoms with Crippen molar-refractivity contribution in [1.82, 2.24) is 4.90 Å². The molecule has 1 aromatic carbocycles. The molecule has 0 bridgehead atoms. The molecule has 1 fully saturated rings. The number of likely N-dealkylation sites (N-methyl/N-ethyl adjacent to an activating group) is 1. The van der Waals surface area contributed by atoms with Crippen LogP contribution in [0.25, 0.3) is 0 Å². The highest BCUT2D eigenvalue weighted by molar-refractivity contribution is 5.88. The maximum atomic E-state index is 13.3. The lowest BCUT2D eigenvalue weighted by molar-refractivity contribution is -0.156. The fourth-order valence-electron chi connectivity index (χ4n) is 2.82. The summed E-state index contributed by atoms with van der Waals surface area (Å²) in [4.78, 5) is 25.0. The van der Waals surface area contributed by atoms with E-state index in [1.54, 1.807) is 12.1 Å². The van der Waals surface area contributed by atoms with Crippen LogP contribution >= 0.6 is 0 Å². The van der Waals surface area contributed by atoms with Gasteiger partial charge in [0.2, 0.25) is 5.91 Å². The van der Waals surface area contributed by atoms with Gasteiger partial charge in [0.1, 0.15) is 11.9 Å². The van der Waals surface area contributed by atoms with Gasteiger partial charge in [0.05, 0.1) is 5.41 Å². The third-order valence-electron chi connectivity index (χ3n) is 4.45. The second-order valence-corrected chi connectivity index (χ2v) is 5.87. The Bertz CT molecular complexity index is 554. The van der Waals surface area contributed by atoms with Gasteiger partial charge in [-0.2, -0.15) is 0 Å². The van der Waals surface area contributed by atoms with Crippen molar-refractivity contribution >= 4 is 11.9 Å². The van der Waals surface area contributed by atoms with Crippen LogP contribution in [0.1, 0.15) is 31.7 Å². The summed E-state index contributed by atoms with van der Waals surface area (Å²) in [5, 5.41) is 9.04. The zero-order chi connectivity index (χ0) is 15.6. The van der Waals surface area contributed by atoms with Crippen molar-refractivity contribution in [3.63, 3.8) is 0 Å². The summed E-state index contributed by atoms with van der Waals surface area (Å²) in [6.45, 7) is 1.49. The molecule has 2 rings (SSSR count). The summed E-state index contributed by atoms with van der Waals surface area (Å²) < 4.78 is 13.3. The third-order valence-corrected chi connectivity index (χ3v) is 4.45. The van der Waals surface area contributed by atoms with E-state index in [4.69, 9.17) is 5.11 Å². The van der Waals surface area contributed by atoms with Crippen LogP contribution in [0.2, 0.25) is 0 Å². The normalized spacial score (nSPS) is 17.7. The zero-order valence-electron chi connectivity index (χ0n) is 12.3. The minimum Gasteiger partial charge on any atom is -0.480 e. The molecule has 1 amide bonds. The van der Waals surface area contributed by atoms with Gasteiger partial charge in [0.15, 0.2) is 0 Å². The molecule has 21 heavy (non-hydrogen) atoms. The number of benzene rings is 1. The Morgan fingerprint density at radius 3 is 2.57 bits per heavy atom. The molecule has 1 unspecified atom stereocenters. The quantitative estimate of drug-likeness (QED) is 0.907. The van der Waals surface area contributed by atoms with Crippen molar-refractivity contribution < 1.29 is 19.1 Å². The fourth-order valence-corrected chi connectivity index (χ4v) is 2.82. The number of carbonyl (C=O) groups excluding carboxylic acids is 1. The number of rotatable bonds is 5. The number of carboxylic acid groups (broad SMARTS) is 1. The number of hydrogen-bond donors (Lipinski definition) is 1. The Balaban J connectivity index is 2.17. The predicted octanol–water partition coefficient (Wildman–Crippen LogP) is 2.47. The van der Waals surface area contributed by atoms with E-state index in [9.17, 15) is 14.0 Å². The molecule has 0 radical (unpaired) electrons. The molecular weight excluding hydrogens is 273 g/mol. The van der Waals surface area contributed by atoms with Crippen molar-refractivity contribution in [3.8, 4) is 0 Å². The van der Waals surface area contributed by atoms with E-state index in [0.717, 1.165) is 24.8 Å². The molecule has 5 heteroatoms. The standard InChI is InChI=1S/C16H20FNO3/c1-11(14(19)20)18(2)15(21)16(7-4-8-16)10-12-5-3-6-13(17)9-12/h3,5-6,9,11H,4,7-8,10H2,1-2H3,(H,19,20). The second kappa shape index (κ2) is 5.84. The fraction of sp³-hybridized carbons (Fsp3) is 0.500. The van der Waals surface area contributed by atoms with Crippen LogP contribution < -0.4 is 0 Å². The molecule has 1 aromatic rings. The molecule has 1 atom stereocenters. The largest absolute Gasteiger partial charge is 0.480 e. The lowest BCUT2D eigenvalue weighted by Gasteiger charge is -2.43. The van der Waals surface area contributed by atoms with E-state index in [-0.39, 0.29) is 11.7 Å². The van der Waals surface area contributed by atoms with Crippen LogP contribution in [0.3, 0.4) is 0 Å². The van der Waals surface area contributed by atoms with Crippen molar-refractivity contribution in [1.29, 1.82) is 0 Å². The Hall–Kier alpha value is -1.91. The minimum atomic E-state index is -1.02. The Labute approximate surface area is 123 Å². The van der Waals surface area contributed by atoms with E-state index >= 15 is 0 Å². The average Bonchev–Trinajstić information content (AvgIpc) is 2.40. The highest BCUT2D eigenvalue weighted by Crippen LogP contribution is 2.45. The molecule has 114 valence electrons. The third kappa shape index (κ3) is 3.06. The van der Waals surface area contributed by atoms with Gasteiger partial charge in [-0.3, -0.25) is 4.79 Å². The topological polar surface area (TPSA) is 57.6 Å². The molecule has 0 aromatic heterocycles. The number of carbonyl (C=O) groups is 2. The first-order valence-corrected chi connectivity index (χ1v) is 7.10. The van der Waals surface area contributed by atoms with Crippen LogP contribution in [0.15, 0.2) is 24.3 Å². The predicted molar refractivity (Wildman–Crippen MR) is 76.3 cm³/mol. The molecule has 1 aliphatic rings. The molecule has 1 N–H and O–H groups in total. The molecular formula is C16H20FNO3. The number of hydrogen-bond acceptors (Lipinski definition) is 2. The molecule has 1 aliphatic carbocycles. The highest BCUT2D eigenvalue weighted by Gasteiger charge is 2.46. The van der Waals surface area contributed by atoms with Crippen LogP contribution in [0.4, 0.5) is 4.39 Å². The molecule has 0 aliphatic heterocycles. The van der Waals surface area contributed by atoms with E-state index in [0.29, 0.717) is 6.42 Å². The van der Waals surface area contributed by atoms with Crippen molar-refractivity contribution in [2.24, 2.45) is 5.41 Å². The van der Waals surface area contributed by atoms with E-state index in [2.05, 4.69) is 0 Å². The summed E-state index contributed by atoms with van der Waals surface area (Å²) in [7, 11) is 1.52. The smallest absolute Gasteiger partial charge is 0.326 e. The monoisotopic (exact) mass is 293 g/mol. The Morgan fingerprint density at radius 1 is 1.43 bits per heavy atom. The van der Waals surface area contributed by atoms with Gasteiger partial charge in [0, 0.05) is 7.05 Å². The SMILES string of the molecule is CC(C(=O)O)N(C)C(=O)C1(Cc2cccc(F)c2)CCC1. The molecule has 4 nitrogen and oxygen atoms in total. The summed E-state index contributed by atoms with van der Waals surface area (Å²) >= 11 is 0. The summed E-state index contributed by atoms with van der Waals surface area (Å²) in [6.07, 6.45) is 2.84. The van der Waals surface area contributed by atoms with Gasteiger partial charge in [0.25, 0.3) is 0 Å². The van der Waals surface area contributed by atoms with Crippen molar-refractivity contribution in [2.45, 2.75) is 38.6 Å². The lowest BCUT2D eigenvalue weighted by Crippen LogP contribution is -2.52. The lowest BCUT2D eigenvalue weighted by atomic mass is 9.64. The molecule has 0 spiro atoms. The number of halogens is 1. The second-order valence-electron chi connectivity index (χ2n) is 5.87. The number of aliphatic carboxylic acids is 1. The first-order valence-electron chi connectivity index (χ1n) is 7.10. The molecule has 1 saturated carbocycles. The van der Waals surface area contributed by atoms with Gasteiger partial charge >= 0.3 is 5.97 Å². The van der Waals surface area contributed by atoms with Crippen LogP contribution in [0.5, 0.6) is 0 Å². The summed E-state index contributed by atoms with van der Waals surface area (Å²) in [6, 6.07) is 5.38. The Morgan fingerprint density at radius 2 is 2.10 bits per heavy atom. The number of carboxylic acids is 1. The molecule has 0 saturated heterocycles. The van der Waals surface area contributed by atoms with Crippen LogP contribution in [-0.4, -0.2) is 35.0 Å². The van der Waals surface area contributed by atoms with E-state index in [1.807, 2.05) is 0 Å². The van der Waals surface area contributed by atoms with E-state index in [1.165, 1.54) is 31.0 Å². The minimum absolute atomic E-state index is 0.159. The van der Waals surface area contributed by atoms with Gasteiger partial charge in [-0.05, 0) is 43.9 Å². The van der Waals surface area contributed by atoms with Gasteiger partial charge in [-0.25, -0.2) is 9.18 Å². The number of amides is 1. The average molecular weight is 293 g/mol. The first kappa shape index (κ1) is 15.5. The highest BCUT2D eigenvalue weighted by atomic mass is 19.1. The Kier molecular flexibility index (Phi) is 4.30. The summed E-state index contributed by atoms with van der Waals surface area (Å²) in [5.41, 5.74) is 0.200. The maximum absolute atomic E-state index is 13.3. The van der Waals surface area contributed by atoms with Gasteiger partial charge in [-0.1, -0.05) is 18.6 Å². The van der Waals surface area contributed by atoms with E-state index < -0.39 is 17.4 Å².